The van der Waals surface area contributed by atoms with Gasteiger partial charge in [0.1, 0.15) is 11.6 Å². The van der Waals surface area contributed by atoms with E-state index >= 15 is 0 Å². The van der Waals surface area contributed by atoms with Crippen LogP contribution in [-0.2, 0) is 9.53 Å². The van der Waals surface area contributed by atoms with Crippen molar-refractivity contribution in [2.45, 2.75) is 12.6 Å². The molecule has 1 amide bonds. The van der Waals surface area contributed by atoms with Crippen molar-refractivity contribution >= 4 is 28.8 Å². The summed E-state index contributed by atoms with van der Waals surface area (Å²) in [5.74, 6) is -0.388. The first-order valence-electron chi connectivity index (χ1n) is 6.02. The van der Waals surface area contributed by atoms with Crippen LogP contribution in [0.2, 0.25) is 0 Å². The van der Waals surface area contributed by atoms with Crippen molar-refractivity contribution in [2.75, 3.05) is 25.2 Å². The number of ether oxygens (including phenoxy) is 1. The number of hydrogen-bond donors (Lipinski definition) is 1. The summed E-state index contributed by atoms with van der Waals surface area (Å²) in [7, 11) is 1.50. The van der Waals surface area contributed by atoms with Gasteiger partial charge < -0.3 is 15.4 Å². The number of halogens is 3. The second-order valence-corrected chi connectivity index (χ2v) is 4.69. The van der Waals surface area contributed by atoms with Gasteiger partial charge in [-0.15, -0.1) is 0 Å². The third kappa shape index (κ3) is 5.68. The topological polar surface area (TPSA) is 55.6 Å². The van der Waals surface area contributed by atoms with E-state index in [-0.39, 0.29) is 23.9 Å². The van der Waals surface area contributed by atoms with Gasteiger partial charge in [0.05, 0.1) is 18.7 Å². The molecule has 0 aliphatic rings. The maximum Gasteiger partial charge on any atom is 0.411 e. The van der Waals surface area contributed by atoms with Gasteiger partial charge in [-0.1, -0.05) is 24.4 Å². The molecule has 0 atom stereocenters. The molecule has 1 aromatic carbocycles. The summed E-state index contributed by atoms with van der Waals surface area (Å²) in [6, 6.07) is 6.76. The highest BCUT2D eigenvalue weighted by Gasteiger charge is 2.27. The van der Waals surface area contributed by atoms with Crippen LogP contribution in [0.5, 0.6) is 0 Å². The first kappa shape index (κ1) is 17.4. The molecule has 0 saturated heterocycles. The van der Waals surface area contributed by atoms with Gasteiger partial charge in [0.15, 0.2) is 0 Å². The molecule has 21 heavy (non-hydrogen) atoms. The second-order valence-electron chi connectivity index (χ2n) is 4.25. The zero-order valence-electron chi connectivity index (χ0n) is 11.3. The van der Waals surface area contributed by atoms with Gasteiger partial charge in [-0.2, -0.15) is 13.2 Å². The Balaban J connectivity index is 2.61. The molecule has 0 aromatic heterocycles. The number of rotatable bonds is 6. The van der Waals surface area contributed by atoms with Gasteiger partial charge in [0.25, 0.3) is 0 Å². The zero-order valence-corrected chi connectivity index (χ0v) is 12.1. The maximum absolute atomic E-state index is 11.9. The number of nitrogens with two attached hydrogens (primary N) is 1. The Hall–Kier alpha value is -1.67. The fraction of sp³-hybridized carbons (Fsp3) is 0.385. The van der Waals surface area contributed by atoms with Crippen LogP contribution in [0.3, 0.4) is 0 Å². The lowest BCUT2D eigenvalue weighted by molar-refractivity contribution is -0.174. The van der Waals surface area contributed by atoms with Crippen molar-refractivity contribution in [2.24, 2.45) is 5.73 Å². The molecule has 116 valence electrons. The molecule has 0 aliphatic carbocycles. The Morgan fingerprint density at radius 1 is 1.38 bits per heavy atom. The highest BCUT2D eigenvalue weighted by molar-refractivity contribution is 7.80. The third-order valence-electron chi connectivity index (χ3n) is 2.63. The number of anilines is 1. The number of hydrogen-bond acceptors (Lipinski definition) is 3. The molecule has 0 unspecified atom stereocenters. The molecule has 0 saturated carbocycles. The van der Waals surface area contributed by atoms with Crippen LogP contribution >= 0.6 is 12.2 Å². The lowest BCUT2D eigenvalue weighted by Gasteiger charge is -2.20. The van der Waals surface area contributed by atoms with E-state index in [1.165, 1.54) is 11.9 Å². The lowest BCUT2D eigenvalue weighted by atomic mass is 10.1. The van der Waals surface area contributed by atoms with Crippen LogP contribution in [0.25, 0.3) is 0 Å². The number of benzene rings is 1. The van der Waals surface area contributed by atoms with Crippen molar-refractivity contribution in [3.8, 4) is 0 Å². The minimum absolute atomic E-state index is 0.138. The van der Waals surface area contributed by atoms with E-state index in [4.69, 9.17) is 18.0 Å². The predicted octanol–water partition coefficient (Wildman–Crippen LogP) is 2.25. The molecule has 0 aliphatic heterocycles. The second kappa shape index (κ2) is 7.37. The molecular formula is C13H15F3N2O2S. The minimum atomic E-state index is -4.40. The Morgan fingerprint density at radius 3 is 2.57 bits per heavy atom. The van der Waals surface area contributed by atoms with Crippen LogP contribution in [0.15, 0.2) is 24.3 Å². The fourth-order valence-electron chi connectivity index (χ4n) is 1.62. The van der Waals surface area contributed by atoms with Crippen molar-refractivity contribution in [3.05, 3.63) is 29.8 Å². The Bertz CT molecular complexity index is 520. The molecular weight excluding hydrogens is 305 g/mol. The van der Waals surface area contributed by atoms with Crippen LogP contribution in [-0.4, -0.2) is 37.3 Å². The van der Waals surface area contributed by atoms with Gasteiger partial charge in [-0.05, 0) is 12.1 Å². The monoisotopic (exact) mass is 320 g/mol. The van der Waals surface area contributed by atoms with E-state index in [1.54, 1.807) is 24.3 Å². The molecule has 0 spiro atoms. The molecule has 0 radical (unpaired) electrons. The van der Waals surface area contributed by atoms with Crippen molar-refractivity contribution in [1.82, 2.24) is 0 Å². The van der Waals surface area contributed by atoms with Gasteiger partial charge >= 0.3 is 6.18 Å². The van der Waals surface area contributed by atoms with Crippen LogP contribution < -0.4 is 10.6 Å². The number of amides is 1. The SMILES string of the molecule is CN(C(=O)CCOCC(F)(F)F)c1ccccc1C(N)=S. The number of carbonyl (C=O) groups is 1. The summed E-state index contributed by atoms with van der Waals surface area (Å²) in [4.78, 5) is 13.4. The molecule has 0 bridgehead atoms. The summed E-state index contributed by atoms with van der Waals surface area (Å²) in [6.45, 7) is -1.68. The summed E-state index contributed by atoms with van der Waals surface area (Å²) < 4.78 is 40.1. The van der Waals surface area contributed by atoms with E-state index in [0.29, 0.717) is 11.3 Å². The van der Waals surface area contributed by atoms with Gasteiger partial charge in [-0.3, -0.25) is 4.79 Å². The Morgan fingerprint density at radius 2 is 2.00 bits per heavy atom. The summed E-state index contributed by atoms with van der Waals surface area (Å²) in [5, 5.41) is 0. The standard InChI is InChI=1S/C13H15F3N2O2S/c1-18(10-5-3-2-4-9(10)12(17)21)11(19)6-7-20-8-13(14,15)16/h2-5H,6-8H2,1H3,(H2,17,21). The smallest absolute Gasteiger partial charge is 0.389 e. The van der Waals surface area contributed by atoms with Crippen molar-refractivity contribution in [1.29, 1.82) is 0 Å². The normalized spacial score (nSPS) is 11.2. The third-order valence-corrected chi connectivity index (χ3v) is 2.85. The van der Waals surface area contributed by atoms with E-state index in [9.17, 15) is 18.0 Å². The number of carbonyl (C=O) groups excluding carboxylic acids is 1. The van der Waals surface area contributed by atoms with Crippen LogP contribution in [0.4, 0.5) is 18.9 Å². The average molecular weight is 320 g/mol. The lowest BCUT2D eigenvalue weighted by Crippen LogP contribution is -2.30. The van der Waals surface area contributed by atoms with Crippen LogP contribution in [0.1, 0.15) is 12.0 Å². The first-order chi connectivity index (χ1) is 9.72. The Kier molecular flexibility index (Phi) is 6.10. The molecule has 8 heteroatoms. The van der Waals surface area contributed by atoms with Gasteiger partial charge in [-0.25, -0.2) is 0 Å². The van der Waals surface area contributed by atoms with E-state index < -0.39 is 12.8 Å². The maximum atomic E-state index is 11.9. The quantitative estimate of drug-likeness (QED) is 0.645. The zero-order chi connectivity index (χ0) is 16.0. The largest absolute Gasteiger partial charge is 0.411 e. The van der Waals surface area contributed by atoms with Crippen molar-refractivity contribution in [3.63, 3.8) is 0 Å². The highest BCUT2D eigenvalue weighted by Crippen LogP contribution is 2.20. The molecule has 1 aromatic rings. The summed E-state index contributed by atoms with van der Waals surface area (Å²) >= 11 is 4.89. The predicted molar refractivity (Wildman–Crippen MR) is 77.2 cm³/mol. The Labute approximate surface area is 125 Å². The van der Waals surface area contributed by atoms with E-state index in [2.05, 4.69) is 4.74 Å². The molecule has 0 heterocycles. The minimum Gasteiger partial charge on any atom is -0.389 e. The molecule has 2 N–H and O–H groups in total. The molecule has 1 rings (SSSR count). The van der Waals surface area contributed by atoms with Crippen molar-refractivity contribution < 1.29 is 22.7 Å². The van der Waals surface area contributed by atoms with Gasteiger partial charge in [0, 0.05) is 12.6 Å². The summed E-state index contributed by atoms with van der Waals surface area (Å²) in [6.07, 6.45) is -4.56. The fourth-order valence-corrected chi connectivity index (χ4v) is 1.80. The number of alkyl halides is 3. The average Bonchev–Trinajstić information content (AvgIpc) is 2.41. The van der Waals surface area contributed by atoms with E-state index in [1.807, 2.05) is 0 Å². The van der Waals surface area contributed by atoms with Crippen LogP contribution in [0, 0.1) is 0 Å². The first-order valence-corrected chi connectivity index (χ1v) is 6.43. The number of para-hydroxylation sites is 1. The number of thiocarbonyl (C=S) groups is 1. The molecule has 4 nitrogen and oxygen atoms in total. The molecule has 0 fully saturated rings. The number of nitrogens with zero attached hydrogens (tertiary/aromatic N) is 1. The highest BCUT2D eigenvalue weighted by atomic mass is 32.1. The summed E-state index contributed by atoms with van der Waals surface area (Å²) in [5.41, 5.74) is 6.60. The van der Waals surface area contributed by atoms with E-state index in [0.717, 1.165) is 0 Å². The van der Waals surface area contributed by atoms with Gasteiger partial charge in [0.2, 0.25) is 5.91 Å².